The molecule has 5 nitrogen and oxygen atoms in total. The topological polar surface area (TPSA) is 54.6 Å². The smallest absolute Gasteiger partial charge is 0.330 e. The third-order valence-electron chi connectivity index (χ3n) is 6.67. The average molecular weight is 433 g/mol. The van der Waals surface area contributed by atoms with Crippen LogP contribution in [-0.2, 0) is 22.4 Å². The fraction of sp³-hybridized carbons (Fsp3) is 0.370. The quantitative estimate of drug-likeness (QED) is 0.387. The largest absolute Gasteiger partial charge is 0.497 e. The molecular formula is C27H32N2O3. The number of methoxy groups -OCH3 is 2. The van der Waals surface area contributed by atoms with E-state index in [0.717, 1.165) is 54.8 Å². The van der Waals surface area contributed by atoms with Gasteiger partial charge < -0.3 is 14.5 Å². The van der Waals surface area contributed by atoms with Gasteiger partial charge in [0.25, 0.3) is 0 Å². The lowest BCUT2D eigenvalue weighted by atomic mass is 9.99. The second-order valence-electron chi connectivity index (χ2n) is 8.42. The summed E-state index contributed by atoms with van der Waals surface area (Å²) < 4.78 is 10.2. The molecule has 1 N–H and O–H groups in total. The molecule has 0 radical (unpaired) electrons. The van der Waals surface area contributed by atoms with Crippen molar-refractivity contribution in [1.82, 2.24) is 9.88 Å². The Morgan fingerprint density at radius 1 is 1.22 bits per heavy atom. The number of rotatable bonds is 8. The molecule has 1 aliphatic rings. The molecule has 4 rings (SSSR count). The third kappa shape index (κ3) is 4.44. The van der Waals surface area contributed by atoms with E-state index in [0.29, 0.717) is 6.04 Å². The summed E-state index contributed by atoms with van der Waals surface area (Å²) in [5, 5.41) is 1.24. The lowest BCUT2D eigenvalue weighted by Crippen LogP contribution is -2.29. The lowest BCUT2D eigenvalue weighted by Gasteiger charge is -2.28. The van der Waals surface area contributed by atoms with Gasteiger partial charge in [0.1, 0.15) is 5.75 Å². The molecule has 1 unspecified atom stereocenters. The van der Waals surface area contributed by atoms with Crippen molar-refractivity contribution >= 4 is 22.4 Å². The molecule has 1 heterocycles. The van der Waals surface area contributed by atoms with E-state index in [1.54, 1.807) is 13.2 Å². The molecule has 5 heteroatoms. The van der Waals surface area contributed by atoms with Crippen molar-refractivity contribution in [2.45, 2.75) is 39.2 Å². The number of aryl methyl sites for hydroxylation is 1. The molecular weight excluding hydrogens is 400 g/mol. The number of allylic oxidation sites excluding steroid dienone is 1. The molecule has 32 heavy (non-hydrogen) atoms. The maximum Gasteiger partial charge on any atom is 0.330 e. The van der Waals surface area contributed by atoms with Crippen molar-refractivity contribution < 1.29 is 14.3 Å². The molecule has 0 fully saturated rings. The summed E-state index contributed by atoms with van der Waals surface area (Å²) in [6.07, 6.45) is 6.88. The lowest BCUT2D eigenvalue weighted by molar-refractivity contribution is -0.134. The molecule has 0 bridgehead atoms. The Labute approximate surface area is 190 Å². The first kappa shape index (κ1) is 22.2. The summed E-state index contributed by atoms with van der Waals surface area (Å²) in [4.78, 5) is 17.6. The van der Waals surface area contributed by atoms with Gasteiger partial charge in [0.2, 0.25) is 0 Å². The maximum absolute atomic E-state index is 11.6. The number of carbonyl (C=O) groups excluding carboxylic acids is 1. The Morgan fingerprint density at radius 3 is 2.81 bits per heavy atom. The van der Waals surface area contributed by atoms with Crippen LogP contribution in [-0.4, -0.2) is 43.2 Å². The zero-order valence-electron chi connectivity index (χ0n) is 19.4. The zero-order chi connectivity index (χ0) is 22.7. The highest BCUT2D eigenvalue weighted by atomic mass is 16.5. The minimum Gasteiger partial charge on any atom is -0.497 e. The number of aromatic nitrogens is 1. The van der Waals surface area contributed by atoms with E-state index in [1.807, 2.05) is 13.0 Å². The second kappa shape index (κ2) is 9.61. The number of benzene rings is 2. The molecule has 0 aliphatic heterocycles. The van der Waals surface area contributed by atoms with Crippen LogP contribution < -0.4 is 4.74 Å². The minimum absolute atomic E-state index is 0.312. The number of hydrogen-bond acceptors (Lipinski definition) is 4. The first-order valence-electron chi connectivity index (χ1n) is 11.3. The Hall–Kier alpha value is -3.05. The van der Waals surface area contributed by atoms with Crippen molar-refractivity contribution in [3.05, 3.63) is 70.9 Å². The predicted octanol–water partition coefficient (Wildman–Crippen LogP) is 5.30. The highest BCUT2D eigenvalue weighted by Gasteiger charge is 2.27. The van der Waals surface area contributed by atoms with Crippen LogP contribution in [0, 0.1) is 0 Å². The number of nitrogens with zero attached hydrogens (tertiary/aromatic N) is 1. The van der Waals surface area contributed by atoms with E-state index >= 15 is 0 Å². The zero-order valence-corrected chi connectivity index (χ0v) is 19.4. The van der Waals surface area contributed by atoms with Gasteiger partial charge in [-0.05, 0) is 78.8 Å². The number of nitrogens with one attached hydrogen (secondary N) is 1. The molecule has 1 atom stereocenters. The SMILES string of the molecule is CCN(CCc1c[nH]c2ccc(OC)cc12)C1CCc2cc(/C(C)=C/C(=O)OC)ccc21. The molecule has 0 saturated carbocycles. The minimum atomic E-state index is -0.312. The molecule has 0 amide bonds. The Morgan fingerprint density at radius 2 is 2.06 bits per heavy atom. The van der Waals surface area contributed by atoms with Crippen molar-refractivity contribution in [3.8, 4) is 5.75 Å². The Balaban J connectivity index is 1.50. The van der Waals surface area contributed by atoms with Gasteiger partial charge in [-0.15, -0.1) is 0 Å². The van der Waals surface area contributed by atoms with Crippen LogP contribution in [0.4, 0.5) is 0 Å². The molecule has 0 spiro atoms. The summed E-state index contributed by atoms with van der Waals surface area (Å²) >= 11 is 0. The Kier molecular flexibility index (Phi) is 6.66. The third-order valence-corrected chi connectivity index (χ3v) is 6.67. The molecule has 1 aliphatic carbocycles. The van der Waals surface area contributed by atoms with E-state index in [1.165, 1.54) is 29.2 Å². The fourth-order valence-electron chi connectivity index (χ4n) is 4.83. The molecule has 3 aromatic rings. The summed E-state index contributed by atoms with van der Waals surface area (Å²) in [6, 6.07) is 13.2. The number of likely N-dealkylation sites (N-methyl/N-ethyl adjacent to an activating group) is 1. The first-order chi connectivity index (χ1) is 15.5. The highest BCUT2D eigenvalue weighted by Crippen LogP contribution is 2.37. The van der Waals surface area contributed by atoms with E-state index in [2.05, 4.69) is 53.3 Å². The van der Waals surface area contributed by atoms with Crippen LogP contribution in [0.1, 0.15) is 48.6 Å². The van der Waals surface area contributed by atoms with Crippen LogP contribution in [0.3, 0.4) is 0 Å². The van der Waals surface area contributed by atoms with Crippen LogP contribution in [0.15, 0.2) is 48.7 Å². The van der Waals surface area contributed by atoms with Gasteiger partial charge >= 0.3 is 5.97 Å². The van der Waals surface area contributed by atoms with E-state index in [-0.39, 0.29) is 5.97 Å². The van der Waals surface area contributed by atoms with Gasteiger partial charge in [-0.1, -0.05) is 25.1 Å². The molecule has 0 saturated heterocycles. The van der Waals surface area contributed by atoms with Gasteiger partial charge in [0.15, 0.2) is 0 Å². The van der Waals surface area contributed by atoms with Crippen LogP contribution >= 0.6 is 0 Å². The molecule has 168 valence electrons. The number of carbonyl (C=O) groups is 1. The van der Waals surface area contributed by atoms with E-state index in [9.17, 15) is 4.79 Å². The van der Waals surface area contributed by atoms with Crippen LogP contribution in [0.2, 0.25) is 0 Å². The highest BCUT2D eigenvalue weighted by molar-refractivity contribution is 5.91. The van der Waals surface area contributed by atoms with Gasteiger partial charge in [0.05, 0.1) is 14.2 Å². The van der Waals surface area contributed by atoms with E-state index < -0.39 is 0 Å². The van der Waals surface area contributed by atoms with Gasteiger partial charge in [-0.2, -0.15) is 0 Å². The predicted molar refractivity (Wildman–Crippen MR) is 129 cm³/mol. The number of fused-ring (bicyclic) bond motifs is 2. The molecule has 1 aromatic heterocycles. The standard InChI is InChI=1S/C27H32N2O3/c1-5-29(13-12-21-17-28-25-10-8-22(31-3)16-24(21)25)26-11-7-20-15-19(6-9-23(20)26)18(2)14-27(30)32-4/h6,8-10,14-17,26,28H,5,7,11-13H2,1-4H3/b18-14+. The van der Waals surface area contributed by atoms with Crippen LogP contribution in [0.5, 0.6) is 5.75 Å². The van der Waals surface area contributed by atoms with Crippen molar-refractivity contribution in [2.75, 3.05) is 27.3 Å². The summed E-state index contributed by atoms with van der Waals surface area (Å²) in [6.45, 7) is 6.22. The van der Waals surface area contributed by atoms with Crippen molar-refractivity contribution in [2.24, 2.45) is 0 Å². The van der Waals surface area contributed by atoms with Gasteiger partial charge in [-0.3, -0.25) is 4.90 Å². The second-order valence-corrected chi connectivity index (χ2v) is 8.42. The summed E-state index contributed by atoms with van der Waals surface area (Å²) in [7, 11) is 3.12. The monoisotopic (exact) mass is 432 g/mol. The Bertz CT molecular complexity index is 1150. The number of H-pyrrole nitrogens is 1. The van der Waals surface area contributed by atoms with Crippen molar-refractivity contribution in [1.29, 1.82) is 0 Å². The number of ether oxygens (including phenoxy) is 2. The van der Waals surface area contributed by atoms with E-state index in [4.69, 9.17) is 9.47 Å². The first-order valence-corrected chi connectivity index (χ1v) is 11.3. The fourth-order valence-corrected chi connectivity index (χ4v) is 4.83. The van der Waals surface area contributed by atoms with Gasteiger partial charge in [-0.25, -0.2) is 4.79 Å². The normalized spacial score (nSPS) is 15.9. The summed E-state index contributed by atoms with van der Waals surface area (Å²) in [5.41, 5.74) is 7.31. The average Bonchev–Trinajstić information content (AvgIpc) is 3.42. The number of aromatic amines is 1. The van der Waals surface area contributed by atoms with Crippen molar-refractivity contribution in [3.63, 3.8) is 0 Å². The number of hydrogen-bond donors (Lipinski definition) is 1. The van der Waals surface area contributed by atoms with Gasteiger partial charge in [0, 0.05) is 35.8 Å². The maximum atomic E-state index is 11.6. The number of esters is 1. The molecule has 2 aromatic carbocycles. The summed E-state index contributed by atoms with van der Waals surface area (Å²) in [5.74, 6) is 0.579. The van der Waals surface area contributed by atoms with Crippen LogP contribution in [0.25, 0.3) is 16.5 Å².